The van der Waals surface area contributed by atoms with Crippen LogP contribution in [0.15, 0.2) is 24.3 Å². The van der Waals surface area contributed by atoms with Crippen LogP contribution in [0.2, 0.25) is 0 Å². The molecule has 1 aromatic rings. The van der Waals surface area contributed by atoms with Gasteiger partial charge in [-0.05, 0) is 31.2 Å². The molecule has 1 aliphatic heterocycles. The summed E-state index contributed by atoms with van der Waals surface area (Å²) < 4.78 is 42.7. The summed E-state index contributed by atoms with van der Waals surface area (Å²) in [7, 11) is 0. The topological polar surface area (TPSA) is 21.3 Å². The number of ether oxygens (including phenoxy) is 1. The lowest BCUT2D eigenvalue weighted by atomic mass is 10.2. The average Bonchev–Trinajstić information content (AvgIpc) is 2.70. The minimum atomic E-state index is -4.31. The first-order valence-corrected chi connectivity index (χ1v) is 5.10. The molecule has 1 aliphatic rings. The minimum absolute atomic E-state index is 0. The van der Waals surface area contributed by atoms with Crippen molar-refractivity contribution in [1.29, 1.82) is 0 Å². The SMILES string of the molecule is Cl.FC(F)(F)c1cccc(OC2CCNC2)c1. The van der Waals surface area contributed by atoms with Crippen LogP contribution in [0.1, 0.15) is 12.0 Å². The van der Waals surface area contributed by atoms with Gasteiger partial charge in [0.15, 0.2) is 0 Å². The monoisotopic (exact) mass is 267 g/mol. The lowest BCUT2D eigenvalue weighted by molar-refractivity contribution is -0.137. The molecule has 0 amide bonds. The summed E-state index contributed by atoms with van der Waals surface area (Å²) in [5.74, 6) is 0.281. The Morgan fingerprint density at radius 1 is 1.29 bits per heavy atom. The lowest BCUT2D eigenvalue weighted by Crippen LogP contribution is -2.19. The first-order chi connectivity index (χ1) is 7.55. The number of rotatable bonds is 2. The van der Waals surface area contributed by atoms with E-state index in [9.17, 15) is 13.2 Å². The number of halogens is 4. The summed E-state index contributed by atoms with van der Waals surface area (Å²) in [5, 5.41) is 3.09. The van der Waals surface area contributed by atoms with Gasteiger partial charge in [-0.25, -0.2) is 0 Å². The van der Waals surface area contributed by atoms with E-state index in [4.69, 9.17) is 4.74 Å². The predicted molar refractivity (Wildman–Crippen MR) is 60.6 cm³/mol. The van der Waals surface area contributed by atoms with Gasteiger partial charge in [-0.1, -0.05) is 6.07 Å². The van der Waals surface area contributed by atoms with Crippen LogP contribution >= 0.6 is 12.4 Å². The van der Waals surface area contributed by atoms with Crippen molar-refractivity contribution < 1.29 is 17.9 Å². The first kappa shape index (κ1) is 14.1. The van der Waals surface area contributed by atoms with E-state index in [1.807, 2.05) is 0 Å². The molecule has 1 saturated heterocycles. The van der Waals surface area contributed by atoms with E-state index in [1.165, 1.54) is 6.07 Å². The molecule has 1 N–H and O–H groups in total. The minimum Gasteiger partial charge on any atom is -0.489 e. The van der Waals surface area contributed by atoms with Crippen LogP contribution in [0.5, 0.6) is 5.75 Å². The molecule has 17 heavy (non-hydrogen) atoms. The van der Waals surface area contributed by atoms with Gasteiger partial charge in [0, 0.05) is 6.54 Å². The molecule has 2 rings (SSSR count). The van der Waals surface area contributed by atoms with Crippen molar-refractivity contribution in [3.63, 3.8) is 0 Å². The van der Waals surface area contributed by atoms with Gasteiger partial charge in [0.2, 0.25) is 0 Å². The van der Waals surface area contributed by atoms with Gasteiger partial charge in [-0.3, -0.25) is 0 Å². The second-order valence-corrected chi connectivity index (χ2v) is 3.76. The van der Waals surface area contributed by atoms with Gasteiger partial charge in [0.1, 0.15) is 11.9 Å². The van der Waals surface area contributed by atoms with Crippen LogP contribution in [0, 0.1) is 0 Å². The van der Waals surface area contributed by atoms with E-state index in [-0.39, 0.29) is 24.3 Å². The molecule has 0 bridgehead atoms. The van der Waals surface area contributed by atoms with Crippen molar-refractivity contribution >= 4 is 12.4 Å². The fourth-order valence-electron chi connectivity index (χ4n) is 1.67. The molecule has 96 valence electrons. The van der Waals surface area contributed by atoms with Gasteiger partial charge in [0.05, 0.1) is 5.56 Å². The number of nitrogens with one attached hydrogen (secondary N) is 1. The molecule has 0 aromatic heterocycles. The molecule has 1 atom stereocenters. The molecule has 1 unspecified atom stereocenters. The molecule has 1 heterocycles. The first-order valence-electron chi connectivity index (χ1n) is 5.10. The highest BCUT2D eigenvalue weighted by molar-refractivity contribution is 5.85. The van der Waals surface area contributed by atoms with Crippen molar-refractivity contribution in [2.75, 3.05) is 13.1 Å². The maximum Gasteiger partial charge on any atom is 0.416 e. The van der Waals surface area contributed by atoms with E-state index < -0.39 is 11.7 Å². The zero-order valence-electron chi connectivity index (χ0n) is 8.96. The van der Waals surface area contributed by atoms with Crippen molar-refractivity contribution in [3.8, 4) is 5.75 Å². The van der Waals surface area contributed by atoms with Crippen molar-refractivity contribution in [3.05, 3.63) is 29.8 Å². The molecule has 0 spiro atoms. The predicted octanol–water partition coefficient (Wildman–Crippen LogP) is 2.87. The van der Waals surface area contributed by atoms with Crippen LogP contribution in [0.4, 0.5) is 13.2 Å². The highest BCUT2D eigenvalue weighted by Crippen LogP contribution is 2.31. The van der Waals surface area contributed by atoms with Crippen LogP contribution < -0.4 is 10.1 Å². The van der Waals surface area contributed by atoms with Crippen LogP contribution in [0.3, 0.4) is 0 Å². The van der Waals surface area contributed by atoms with Gasteiger partial charge in [-0.2, -0.15) is 13.2 Å². The molecular weight excluding hydrogens is 255 g/mol. The summed E-state index contributed by atoms with van der Waals surface area (Å²) in [4.78, 5) is 0. The molecule has 0 aliphatic carbocycles. The standard InChI is InChI=1S/C11H12F3NO.ClH/c12-11(13,14)8-2-1-3-9(6-8)16-10-4-5-15-7-10;/h1-3,6,10,15H,4-5,7H2;1H. The Labute approximate surface area is 104 Å². The molecule has 6 heteroatoms. The third-order valence-corrected chi connectivity index (χ3v) is 2.48. The summed E-state index contributed by atoms with van der Waals surface area (Å²) in [5.41, 5.74) is -0.670. The van der Waals surface area contributed by atoms with Crippen LogP contribution in [-0.2, 0) is 6.18 Å². The van der Waals surface area contributed by atoms with Crippen molar-refractivity contribution in [2.45, 2.75) is 18.7 Å². The van der Waals surface area contributed by atoms with E-state index in [2.05, 4.69) is 5.32 Å². The highest BCUT2D eigenvalue weighted by atomic mass is 35.5. The summed E-state index contributed by atoms with van der Waals surface area (Å²) in [6.45, 7) is 1.54. The lowest BCUT2D eigenvalue weighted by Gasteiger charge is -2.14. The van der Waals surface area contributed by atoms with Crippen LogP contribution in [0.25, 0.3) is 0 Å². The van der Waals surface area contributed by atoms with Gasteiger partial charge >= 0.3 is 6.18 Å². The Kier molecular flexibility index (Phi) is 4.65. The quantitative estimate of drug-likeness (QED) is 0.890. The number of hydrogen-bond donors (Lipinski definition) is 1. The normalized spacial score (nSPS) is 19.8. The third-order valence-electron chi connectivity index (χ3n) is 2.48. The molecule has 1 aromatic carbocycles. The smallest absolute Gasteiger partial charge is 0.416 e. The largest absolute Gasteiger partial charge is 0.489 e. The highest BCUT2D eigenvalue weighted by Gasteiger charge is 2.30. The Morgan fingerprint density at radius 2 is 2.06 bits per heavy atom. The fourth-order valence-corrected chi connectivity index (χ4v) is 1.67. The van der Waals surface area contributed by atoms with Crippen molar-refractivity contribution in [2.24, 2.45) is 0 Å². The maximum atomic E-state index is 12.4. The number of alkyl halides is 3. The van der Waals surface area contributed by atoms with E-state index in [0.717, 1.165) is 25.1 Å². The van der Waals surface area contributed by atoms with Crippen LogP contribution in [-0.4, -0.2) is 19.2 Å². The molecule has 1 fully saturated rings. The van der Waals surface area contributed by atoms with Gasteiger partial charge < -0.3 is 10.1 Å². The van der Waals surface area contributed by atoms with Gasteiger partial charge in [0.25, 0.3) is 0 Å². The fraction of sp³-hybridized carbons (Fsp3) is 0.455. The maximum absolute atomic E-state index is 12.4. The number of hydrogen-bond acceptors (Lipinski definition) is 2. The zero-order chi connectivity index (χ0) is 11.6. The molecule has 2 nitrogen and oxygen atoms in total. The van der Waals surface area contributed by atoms with Crippen molar-refractivity contribution in [1.82, 2.24) is 5.32 Å². The Morgan fingerprint density at radius 3 is 2.65 bits per heavy atom. The van der Waals surface area contributed by atoms with Gasteiger partial charge in [-0.15, -0.1) is 12.4 Å². The average molecular weight is 268 g/mol. The third kappa shape index (κ3) is 3.78. The second kappa shape index (κ2) is 5.60. The zero-order valence-corrected chi connectivity index (χ0v) is 9.77. The molecular formula is C11H13ClF3NO. The number of benzene rings is 1. The Bertz CT molecular complexity index is 364. The summed E-state index contributed by atoms with van der Waals surface area (Å²) >= 11 is 0. The summed E-state index contributed by atoms with van der Waals surface area (Å²) in [6, 6.07) is 4.99. The second-order valence-electron chi connectivity index (χ2n) is 3.76. The molecule has 0 radical (unpaired) electrons. The van der Waals surface area contributed by atoms with E-state index >= 15 is 0 Å². The Balaban J connectivity index is 0.00000144. The summed E-state index contributed by atoms with van der Waals surface area (Å²) in [6.07, 6.45) is -3.51. The molecule has 0 saturated carbocycles. The Hall–Kier alpha value is -0.940. The van der Waals surface area contributed by atoms with E-state index in [1.54, 1.807) is 6.07 Å². The van der Waals surface area contributed by atoms with E-state index in [0.29, 0.717) is 6.54 Å².